The van der Waals surface area contributed by atoms with E-state index in [2.05, 4.69) is 0 Å². The Balaban J connectivity index is 1.55. The molecule has 0 aliphatic carbocycles. The maximum absolute atomic E-state index is 12.3. The van der Waals surface area contributed by atoms with Crippen LogP contribution in [0.5, 0.6) is 23.0 Å². The van der Waals surface area contributed by atoms with Gasteiger partial charge in [-0.3, -0.25) is 4.79 Å². The summed E-state index contributed by atoms with van der Waals surface area (Å²) in [6.45, 7) is 0.435. The van der Waals surface area contributed by atoms with Crippen molar-refractivity contribution in [3.8, 4) is 23.0 Å². The molecule has 2 heterocycles. The van der Waals surface area contributed by atoms with Gasteiger partial charge in [0, 0.05) is 12.0 Å². The fourth-order valence-electron chi connectivity index (χ4n) is 2.41. The first-order valence-electron chi connectivity index (χ1n) is 6.61. The molecule has 0 N–H and O–H groups in total. The summed E-state index contributed by atoms with van der Waals surface area (Å²) in [6.07, 6.45) is 0.302. The number of carbonyl (C=O) groups excluding carboxylic acids is 1. The molecule has 0 fully saturated rings. The van der Waals surface area contributed by atoms with Crippen molar-refractivity contribution in [1.82, 2.24) is 0 Å². The highest BCUT2D eigenvalue weighted by molar-refractivity contribution is 5.98. The van der Waals surface area contributed by atoms with Crippen molar-refractivity contribution in [2.24, 2.45) is 0 Å². The van der Waals surface area contributed by atoms with Crippen LogP contribution in [0, 0.1) is 0 Å². The van der Waals surface area contributed by atoms with Crippen LogP contribution in [0.25, 0.3) is 0 Å². The van der Waals surface area contributed by atoms with E-state index in [1.54, 1.807) is 18.2 Å². The number of ketones is 1. The molecular weight excluding hydrogens is 272 g/mol. The fourth-order valence-corrected chi connectivity index (χ4v) is 2.41. The lowest BCUT2D eigenvalue weighted by Gasteiger charge is -2.04. The zero-order chi connectivity index (χ0) is 14.2. The molecule has 0 bridgehead atoms. The molecule has 0 unspecified atom stereocenters. The second kappa shape index (κ2) is 4.70. The number of hydrogen-bond acceptors (Lipinski definition) is 5. The number of ether oxygens (including phenoxy) is 4. The SMILES string of the molecule is O=C(Cc1ccc2c(c1)OCO2)c1ccc2c(c1)OCO2. The van der Waals surface area contributed by atoms with E-state index in [9.17, 15) is 4.79 Å². The predicted molar refractivity (Wildman–Crippen MR) is 73.2 cm³/mol. The van der Waals surface area contributed by atoms with Gasteiger partial charge in [-0.25, -0.2) is 0 Å². The summed E-state index contributed by atoms with van der Waals surface area (Å²) in [6, 6.07) is 10.8. The molecule has 21 heavy (non-hydrogen) atoms. The normalized spacial score (nSPS) is 14.3. The van der Waals surface area contributed by atoms with Crippen molar-refractivity contribution in [3.63, 3.8) is 0 Å². The topological polar surface area (TPSA) is 54.0 Å². The standard InChI is InChI=1S/C16H12O5/c17-12(11-2-4-14-16(7-11)21-9-19-14)5-10-1-3-13-15(6-10)20-8-18-13/h1-4,6-7H,5,8-9H2. The van der Waals surface area contributed by atoms with Gasteiger partial charge in [0.05, 0.1) is 0 Å². The second-order valence-corrected chi connectivity index (χ2v) is 4.86. The van der Waals surface area contributed by atoms with E-state index in [-0.39, 0.29) is 19.4 Å². The molecule has 5 heteroatoms. The van der Waals surface area contributed by atoms with Crippen molar-refractivity contribution in [2.45, 2.75) is 6.42 Å². The van der Waals surface area contributed by atoms with E-state index in [1.807, 2.05) is 18.2 Å². The quantitative estimate of drug-likeness (QED) is 0.811. The van der Waals surface area contributed by atoms with Gasteiger partial charge in [-0.2, -0.15) is 0 Å². The molecular formula is C16H12O5. The summed E-state index contributed by atoms with van der Waals surface area (Å²) in [7, 11) is 0. The minimum Gasteiger partial charge on any atom is -0.454 e. The number of benzene rings is 2. The summed E-state index contributed by atoms with van der Waals surface area (Å²) in [4.78, 5) is 12.3. The molecule has 0 saturated carbocycles. The Labute approximate surface area is 121 Å². The summed E-state index contributed by atoms with van der Waals surface area (Å²) < 4.78 is 21.1. The van der Waals surface area contributed by atoms with Crippen LogP contribution in [0.1, 0.15) is 15.9 Å². The van der Waals surface area contributed by atoms with Crippen LogP contribution in [-0.4, -0.2) is 19.4 Å². The van der Waals surface area contributed by atoms with Gasteiger partial charge in [-0.1, -0.05) is 6.07 Å². The smallest absolute Gasteiger partial charge is 0.231 e. The lowest BCUT2D eigenvalue weighted by molar-refractivity contribution is 0.0992. The third kappa shape index (κ3) is 2.16. The highest BCUT2D eigenvalue weighted by Crippen LogP contribution is 2.34. The summed E-state index contributed by atoms with van der Waals surface area (Å²) in [5.41, 5.74) is 1.50. The first-order valence-corrected chi connectivity index (χ1v) is 6.61. The van der Waals surface area contributed by atoms with Gasteiger partial charge in [0.25, 0.3) is 0 Å². The minimum atomic E-state index is 0.0205. The number of Topliss-reactive ketones (excluding diaryl/α,β-unsaturated/α-hetero) is 1. The lowest BCUT2D eigenvalue weighted by Crippen LogP contribution is -2.03. The Morgan fingerprint density at radius 1 is 0.810 bits per heavy atom. The lowest BCUT2D eigenvalue weighted by atomic mass is 10.0. The molecule has 5 nitrogen and oxygen atoms in total. The Morgan fingerprint density at radius 2 is 1.43 bits per heavy atom. The summed E-state index contributed by atoms with van der Waals surface area (Å²) in [5.74, 6) is 2.72. The zero-order valence-corrected chi connectivity index (χ0v) is 11.1. The van der Waals surface area contributed by atoms with Crippen LogP contribution in [0.2, 0.25) is 0 Å². The van der Waals surface area contributed by atoms with E-state index in [4.69, 9.17) is 18.9 Å². The number of rotatable bonds is 3. The van der Waals surface area contributed by atoms with E-state index >= 15 is 0 Å². The molecule has 0 aromatic heterocycles. The van der Waals surface area contributed by atoms with Gasteiger partial charge < -0.3 is 18.9 Å². The second-order valence-electron chi connectivity index (χ2n) is 4.86. The van der Waals surface area contributed by atoms with Crippen molar-refractivity contribution < 1.29 is 23.7 Å². The number of hydrogen-bond donors (Lipinski definition) is 0. The monoisotopic (exact) mass is 284 g/mol. The first kappa shape index (κ1) is 12.1. The number of fused-ring (bicyclic) bond motifs is 2. The van der Waals surface area contributed by atoms with Crippen molar-refractivity contribution >= 4 is 5.78 Å². The Kier molecular flexibility index (Phi) is 2.70. The maximum atomic E-state index is 12.3. The molecule has 2 aromatic rings. The largest absolute Gasteiger partial charge is 0.454 e. The van der Waals surface area contributed by atoms with Crippen LogP contribution < -0.4 is 18.9 Å². The Bertz CT molecular complexity index is 723. The Hall–Kier alpha value is -2.69. The molecule has 0 saturated heterocycles. The van der Waals surface area contributed by atoms with Gasteiger partial charge in [0.2, 0.25) is 13.6 Å². The van der Waals surface area contributed by atoms with Gasteiger partial charge in [0.1, 0.15) is 0 Å². The molecule has 106 valence electrons. The van der Waals surface area contributed by atoms with Crippen LogP contribution >= 0.6 is 0 Å². The van der Waals surface area contributed by atoms with Gasteiger partial charge in [-0.15, -0.1) is 0 Å². The average molecular weight is 284 g/mol. The molecule has 0 amide bonds. The zero-order valence-electron chi connectivity index (χ0n) is 11.1. The van der Waals surface area contributed by atoms with E-state index in [1.165, 1.54) is 0 Å². The molecule has 4 rings (SSSR count). The predicted octanol–water partition coefficient (Wildman–Crippen LogP) is 2.57. The summed E-state index contributed by atoms with van der Waals surface area (Å²) >= 11 is 0. The first-order chi connectivity index (χ1) is 10.3. The van der Waals surface area contributed by atoms with Crippen LogP contribution in [0.3, 0.4) is 0 Å². The molecule has 2 aliphatic heterocycles. The average Bonchev–Trinajstić information content (AvgIpc) is 3.14. The van der Waals surface area contributed by atoms with E-state index in [0.717, 1.165) is 5.56 Å². The van der Waals surface area contributed by atoms with Gasteiger partial charge in [0.15, 0.2) is 28.8 Å². The highest BCUT2D eigenvalue weighted by Gasteiger charge is 2.18. The molecule has 2 aromatic carbocycles. The summed E-state index contributed by atoms with van der Waals surface area (Å²) in [5, 5.41) is 0. The van der Waals surface area contributed by atoms with Crippen LogP contribution in [0.15, 0.2) is 36.4 Å². The molecule has 0 atom stereocenters. The van der Waals surface area contributed by atoms with Crippen molar-refractivity contribution in [2.75, 3.05) is 13.6 Å². The molecule has 2 aliphatic rings. The third-order valence-electron chi connectivity index (χ3n) is 3.50. The molecule has 0 spiro atoms. The highest BCUT2D eigenvalue weighted by atomic mass is 16.7. The Morgan fingerprint density at radius 3 is 2.19 bits per heavy atom. The third-order valence-corrected chi connectivity index (χ3v) is 3.50. The molecule has 0 radical (unpaired) electrons. The maximum Gasteiger partial charge on any atom is 0.231 e. The van der Waals surface area contributed by atoms with Gasteiger partial charge >= 0.3 is 0 Å². The van der Waals surface area contributed by atoms with Crippen molar-refractivity contribution in [1.29, 1.82) is 0 Å². The fraction of sp³-hybridized carbons (Fsp3) is 0.188. The van der Waals surface area contributed by atoms with E-state index < -0.39 is 0 Å². The minimum absolute atomic E-state index is 0.0205. The van der Waals surface area contributed by atoms with Crippen LogP contribution in [0.4, 0.5) is 0 Å². The number of carbonyl (C=O) groups is 1. The van der Waals surface area contributed by atoms with Crippen LogP contribution in [-0.2, 0) is 6.42 Å². The van der Waals surface area contributed by atoms with Crippen molar-refractivity contribution in [3.05, 3.63) is 47.5 Å². The van der Waals surface area contributed by atoms with Gasteiger partial charge in [-0.05, 0) is 35.9 Å². The van der Waals surface area contributed by atoms with E-state index in [0.29, 0.717) is 35.0 Å².